The number of hydrogen-bond acceptors (Lipinski definition) is 9. The van der Waals surface area contributed by atoms with E-state index in [0.29, 0.717) is 31.3 Å². The normalized spacial score (nSPS) is 18.5. The lowest BCUT2D eigenvalue weighted by atomic mass is 9.81. The van der Waals surface area contributed by atoms with Crippen molar-refractivity contribution in [2.24, 2.45) is 0 Å². The zero-order chi connectivity index (χ0) is 30.3. The van der Waals surface area contributed by atoms with Gasteiger partial charge in [-0.05, 0) is 31.4 Å². The van der Waals surface area contributed by atoms with Crippen LogP contribution in [0.5, 0.6) is 17.8 Å². The van der Waals surface area contributed by atoms with E-state index in [1.165, 1.54) is 18.2 Å². The molecule has 1 amide bonds. The molecule has 2 aromatic carbocycles. The van der Waals surface area contributed by atoms with Gasteiger partial charge in [-0.15, -0.1) is 24.8 Å². The molecule has 0 saturated carbocycles. The Morgan fingerprint density at radius 1 is 0.889 bits per heavy atom. The van der Waals surface area contributed by atoms with Gasteiger partial charge in [-0.25, -0.2) is 0 Å². The number of benzene rings is 2. The van der Waals surface area contributed by atoms with Gasteiger partial charge >= 0.3 is 6.01 Å². The van der Waals surface area contributed by atoms with Gasteiger partial charge < -0.3 is 24.2 Å². The third-order valence-corrected chi connectivity index (χ3v) is 8.37. The Morgan fingerprint density at radius 3 is 2.07 bits per heavy atom. The van der Waals surface area contributed by atoms with Crippen molar-refractivity contribution in [2.75, 3.05) is 60.1 Å². The number of rotatable bonds is 11. The molecule has 1 N–H and O–H groups in total. The summed E-state index contributed by atoms with van der Waals surface area (Å²) >= 11 is 0. The van der Waals surface area contributed by atoms with E-state index in [0.717, 1.165) is 31.7 Å². The van der Waals surface area contributed by atoms with Crippen molar-refractivity contribution >= 4 is 30.7 Å². The number of fused-ring (bicyclic) bond motifs is 1. The van der Waals surface area contributed by atoms with E-state index in [1.54, 1.807) is 12.0 Å². The van der Waals surface area contributed by atoms with Crippen molar-refractivity contribution < 1.29 is 24.1 Å². The third kappa shape index (κ3) is 8.56. The molecule has 246 valence electrons. The zero-order valence-electron chi connectivity index (χ0n) is 26.4. The summed E-state index contributed by atoms with van der Waals surface area (Å²) in [6.07, 6.45) is 0.542. The van der Waals surface area contributed by atoms with E-state index < -0.39 is 6.61 Å². The minimum absolute atomic E-state index is 0. The van der Waals surface area contributed by atoms with Crippen LogP contribution >= 0.6 is 24.8 Å². The van der Waals surface area contributed by atoms with Crippen molar-refractivity contribution in [3.63, 3.8) is 0 Å². The summed E-state index contributed by atoms with van der Waals surface area (Å²) < 4.78 is 17.0. The van der Waals surface area contributed by atoms with Crippen LogP contribution in [0.1, 0.15) is 36.5 Å². The van der Waals surface area contributed by atoms with Crippen molar-refractivity contribution in [1.29, 1.82) is 0 Å². The van der Waals surface area contributed by atoms with Crippen LogP contribution in [-0.2, 0) is 11.2 Å². The van der Waals surface area contributed by atoms with Crippen molar-refractivity contribution in [1.82, 2.24) is 24.7 Å². The molecule has 0 bridgehead atoms. The first kappa shape index (κ1) is 36.3. The fourth-order valence-electron chi connectivity index (χ4n) is 6.46. The summed E-state index contributed by atoms with van der Waals surface area (Å²) in [6, 6.07) is 21.9. The number of nitrogens with zero attached hydrogens (tertiary/aromatic N) is 5. The monoisotopic (exact) mass is 661 g/mol. The van der Waals surface area contributed by atoms with Crippen LogP contribution in [0.2, 0.25) is 0 Å². The largest absolute Gasteiger partial charge is 0.481 e. The first-order chi connectivity index (χ1) is 20.9. The SMILES string of the molecule is COc1nc(OC)c(CCN2C[C@@H]3CN(C(=O)CO)CCN3[C@H](C(c3ccccc3)c3ccccc3)C2)c(OC(C)C)n1.Cl.Cl. The van der Waals surface area contributed by atoms with Crippen LogP contribution in [0.25, 0.3) is 0 Å². The molecule has 2 aliphatic heterocycles. The van der Waals surface area contributed by atoms with Crippen LogP contribution in [-0.4, -0.2) is 114 Å². The number of hydrogen-bond donors (Lipinski definition) is 1. The lowest BCUT2D eigenvalue weighted by Crippen LogP contribution is -2.67. The van der Waals surface area contributed by atoms with Crippen LogP contribution in [0.3, 0.4) is 0 Å². The molecule has 10 nitrogen and oxygen atoms in total. The first-order valence-electron chi connectivity index (χ1n) is 15.0. The average Bonchev–Trinajstić information content (AvgIpc) is 3.04. The number of methoxy groups -OCH3 is 2. The van der Waals surface area contributed by atoms with Crippen LogP contribution < -0.4 is 14.2 Å². The van der Waals surface area contributed by atoms with E-state index in [4.69, 9.17) is 14.2 Å². The molecular weight excluding hydrogens is 617 g/mol. The molecule has 45 heavy (non-hydrogen) atoms. The summed E-state index contributed by atoms with van der Waals surface area (Å²) in [6.45, 7) is 7.78. The van der Waals surface area contributed by atoms with E-state index in [1.807, 2.05) is 13.8 Å². The molecule has 2 atom stereocenters. The van der Waals surface area contributed by atoms with Gasteiger partial charge in [0.2, 0.25) is 17.7 Å². The Balaban J connectivity index is 0.00000276. The molecule has 3 aromatic rings. The van der Waals surface area contributed by atoms with Gasteiger partial charge in [0.1, 0.15) is 6.61 Å². The fraction of sp³-hybridized carbons (Fsp3) is 0.485. The lowest BCUT2D eigenvalue weighted by Gasteiger charge is -2.53. The first-order valence-corrected chi connectivity index (χ1v) is 15.0. The van der Waals surface area contributed by atoms with Crippen LogP contribution in [0, 0.1) is 0 Å². The van der Waals surface area contributed by atoms with Gasteiger partial charge in [0.25, 0.3) is 0 Å². The van der Waals surface area contributed by atoms with Gasteiger partial charge in [-0.3, -0.25) is 14.6 Å². The Morgan fingerprint density at radius 2 is 1.51 bits per heavy atom. The van der Waals surface area contributed by atoms with Crippen LogP contribution in [0.15, 0.2) is 60.7 Å². The van der Waals surface area contributed by atoms with E-state index in [2.05, 4.69) is 80.4 Å². The maximum Gasteiger partial charge on any atom is 0.322 e. The summed E-state index contributed by atoms with van der Waals surface area (Å²) in [4.78, 5) is 28.3. The number of amides is 1. The maximum atomic E-state index is 12.5. The number of aliphatic hydroxyl groups is 1. The van der Waals surface area contributed by atoms with Crippen LogP contribution in [0.4, 0.5) is 0 Å². The highest BCUT2D eigenvalue weighted by molar-refractivity contribution is 5.85. The molecule has 3 heterocycles. The number of piperazine rings is 2. The van der Waals surface area contributed by atoms with Crippen molar-refractivity contribution in [3.8, 4) is 17.8 Å². The molecule has 5 rings (SSSR count). The molecule has 1 aromatic heterocycles. The summed E-state index contributed by atoms with van der Waals surface area (Å²) in [5, 5.41) is 9.60. The molecule has 0 spiro atoms. The highest BCUT2D eigenvalue weighted by atomic mass is 35.5. The Bertz CT molecular complexity index is 1310. The second kappa shape index (κ2) is 17.0. The zero-order valence-corrected chi connectivity index (χ0v) is 28.0. The molecule has 0 radical (unpaired) electrons. The van der Waals surface area contributed by atoms with E-state index in [-0.39, 0.29) is 60.8 Å². The Labute approximate surface area is 278 Å². The number of carbonyl (C=O) groups excluding carboxylic acids is 1. The summed E-state index contributed by atoms with van der Waals surface area (Å²) in [5.74, 6) is 0.845. The molecular formula is C33H45Cl2N5O5. The number of aromatic nitrogens is 2. The maximum absolute atomic E-state index is 12.5. The third-order valence-electron chi connectivity index (χ3n) is 8.37. The van der Waals surface area contributed by atoms with Crippen molar-refractivity contribution in [2.45, 2.75) is 44.4 Å². The topological polar surface area (TPSA) is 100 Å². The Hall–Kier alpha value is -3.15. The van der Waals surface area contributed by atoms with Gasteiger partial charge in [0, 0.05) is 57.3 Å². The van der Waals surface area contributed by atoms with Gasteiger partial charge in [0.05, 0.1) is 25.9 Å². The highest BCUT2D eigenvalue weighted by Crippen LogP contribution is 2.36. The van der Waals surface area contributed by atoms with E-state index >= 15 is 0 Å². The van der Waals surface area contributed by atoms with E-state index in [9.17, 15) is 9.90 Å². The summed E-state index contributed by atoms with van der Waals surface area (Å²) in [7, 11) is 3.12. The summed E-state index contributed by atoms with van der Waals surface area (Å²) in [5.41, 5.74) is 3.34. The molecule has 0 unspecified atom stereocenters. The highest BCUT2D eigenvalue weighted by Gasteiger charge is 2.43. The standard InChI is InChI=1S/C33H43N5O5.2ClH/c1-23(2)43-32-27(31(41-3)34-33(35-32)42-4)15-16-36-19-26-20-37(29(40)22-39)17-18-38(26)28(21-36)30(24-11-7-5-8-12-24)25-13-9-6-10-14-25;;/h5-14,23,26,28,30,39H,15-22H2,1-4H3;2*1H/t26-,28+;;/m1../s1. The minimum atomic E-state index is -0.466. The van der Waals surface area contributed by atoms with Gasteiger partial charge in [0.15, 0.2) is 0 Å². The number of aliphatic hydroxyl groups excluding tert-OH is 1. The fourth-order valence-corrected chi connectivity index (χ4v) is 6.46. The number of halogens is 2. The second-order valence-corrected chi connectivity index (χ2v) is 11.4. The predicted octanol–water partition coefficient (Wildman–Crippen LogP) is 3.69. The second-order valence-electron chi connectivity index (χ2n) is 11.4. The lowest BCUT2D eigenvalue weighted by molar-refractivity contribution is -0.139. The number of carbonyl (C=O) groups is 1. The predicted molar refractivity (Wildman–Crippen MR) is 178 cm³/mol. The molecule has 2 aliphatic rings. The smallest absolute Gasteiger partial charge is 0.322 e. The molecule has 2 fully saturated rings. The van der Waals surface area contributed by atoms with Crippen molar-refractivity contribution in [3.05, 3.63) is 77.4 Å². The van der Waals surface area contributed by atoms with Gasteiger partial charge in [-0.1, -0.05) is 60.7 Å². The minimum Gasteiger partial charge on any atom is -0.481 e. The Kier molecular flexibility index (Phi) is 13.7. The van der Waals surface area contributed by atoms with Gasteiger partial charge in [-0.2, -0.15) is 9.97 Å². The molecule has 0 aliphatic carbocycles. The molecule has 2 saturated heterocycles. The molecule has 12 heteroatoms. The quantitative estimate of drug-likeness (QED) is 0.330. The average molecular weight is 663 g/mol. The number of ether oxygens (including phenoxy) is 3.